The molecule has 0 aromatic carbocycles. The first-order valence-electron chi connectivity index (χ1n) is 7.64. The Morgan fingerprint density at radius 3 is 2.86 bits per heavy atom. The standard InChI is InChI=1S/C18H25N3/c1-5-15(9-8-13(2)3)11-16-14(4)20-12-21-18(16)17-7-6-10-19-17/h5,8-9,12,17,19H,2,6-7,10-11H2,1,3-4H3/b9-8-,15-5+. The number of allylic oxidation sites excluding steroid dienone is 5. The first kappa shape index (κ1) is 15.6. The Morgan fingerprint density at radius 2 is 2.24 bits per heavy atom. The van der Waals surface area contributed by atoms with E-state index in [0.29, 0.717) is 6.04 Å². The summed E-state index contributed by atoms with van der Waals surface area (Å²) in [6, 6.07) is 0.380. The summed E-state index contributed by atoms with van der Waals surface area (Å²) in [4.78, 5) is 8.95. The predicted molar refractivity (Wildman–Crippen MR) is 88.2 cm³/mol. The van der Waals surface area contributed by atoms with Crippen molar-refractivity contribution >= 4 is 0 Å². The van der Waals surface area contributed by atoms with Crippen LogP contribution in [-0.4, -0.2) is 16.5 Å². The normalized spacial score (nSPS) is 19.4. The van der Waals surface area contributed by atoms with Crippen molar-refractivity contribution in [3.05, 3.63) is 59.2 Å². The number of aromatic nitrogens is 2. The number of aryl methyl sites for hydroxylation is 1. The average Bonchev–Trinajstić information content (AvgIpc) is 2.98. The highest BCUT2D eigenvalue weighted by Gasteiger charge is 2.22. The fraction of sp³-hybridized carbons (Fsp3) is 0.444. The van der Waals surface area contributed by atoms with Gasteiger partial charge in [0.2, 0.25) is 0 Å². The second-order valence-electron chi connectivity index (χ2n) is 5.69. The van der Waals surface area contributed by atoms with Crippen molar-refractivity contribution in [2.45, 2.75) is 46.1 Å². The van der Waals surface area contributed by atoms with Gasteiger partial charge in [0.05, 0.1) is 5.69 Å². The minimum absolute atomic E-state index is 0.380. The number of hydrogen-bond donors (Lipinski definition) is 1. The fourth-order valence-electron chi connectivity index (χ4n) is 2.67. The molecule has 0 radical (unpaired) electrons. The molecular formula is C18H25N3. The number of hydrogen-bond acceptors (Lipinski definition) is 3. The van der Waals surface area contributed by atoms with Crippen LogP contribution in [0.4, 0.5) is 0 Å². The number of nitrogens with one attached hydrogen (secondary N) is 1. The molecule has 112 valence electrons. The summed E-state index contributed by atoms with van der Waals surface area (Å²) in [5.74, 6) is 0. The van der Waals surface area contributed by atoms with Crippen LogP contribution >= 0.6 is 0 Å². The highest BCUT2D eigenvalue weighted by Crippen LogP contribution is 2.27. The Bertz CT molecular complexity index is 564. The number of nitrogens with zero attached hydrogens (tertiary/aromatic N) is 2. The van der Waals surface area contributed by atoms with Crippen LogP contribution in [0, 0.1) is 6.92 Å². The lowest BCUT2D eigenvalue weighted by molar-refractivity contribution is 0.616. The third-order valence-electron chi connectivity index (χ3n) is 3.92. The van der Waals surface area contributed by atoms with E-state index in [0.717, 1.165) is 30.7 Å². The van der Waals surface area contributed by atoms with Crippen molar-refractivity contribution < 1.29 is 0 Å². The molecule has 1 aliphatic heterocycles. The molecule has 0 aliphatic carbocycles. The summed E-state index contributed by atoms with van der Waals surface area (Å²) in [5, 5.41) is 3.54. The minimum Gasteiger partial charge on any atom is -0.309 e. The molecule has 1 saturated heterocycles. The van der Waals surface area contributed by atoms with Gasteiger partial charge in [0.1, 0.15) is 6.33 Å². The Balaban J connectivity index is 2.27. The van der Waals surface area contributed by atoms with Crippen molar-refractivity contribution in [1.29, 1.82) is 0 Å². The summed E-state index contributed by atoms with van der Waals surface area (Å²) in [6.45, 7) is 11.2. The van der Waals surface area contributed by atoms with Crippen LogP contribution in [0.3, 0.4) is 0 Å². The molecular weight excluding hydrogens is 258 g/mol. The van der Waals surface area contributed by atoms with Crippen LogP contribution in [0.5, 0.6) is 0 Å². The van der Waals surface area contributed by atoms with E-state index in [1.54, 1.807) is 6.33 Å². The maximum atomic E-state index is 4.56. The predicted octanol–water partition coefficient (Wildman–Crippen LogP) is 3.83. The first-order valence-corrected chi connectivity index (χ1v) is 7.64. The van der Waals surface area contributed by atoms with Gasteiger partial charge in [-0.25, -0.2) is 9.97 Å². The molecule has 3 heteroatoms. The molecule has 21 heavy (non-hydrogen) atoms. The van der Waals surface area contributed by atoms with Gasteiger partial charge in [0.15, 0.2) is 0 Å². The van der Waals surface area contributed by atoms with E-state index in [9.17, 15) is 0 Å². The topological polar surface area (TPSA) is 37.8 Å². The lowest BCUT2D eigenvalue weighted by Gasteiger charge is -2.16. The van der Waals surface area contributed by atoms with E-state index in [-0.39, 0.29) is 0 Å². The summed E-state index contributed by atoms with van der Waals surface area (Å²) < 4.78 is 0. The van der Waals surface area contributed by atoms with Gasteiger partial charge in [-0.1, -0.05) is 30.4 Å². The summed E-state index contributed by atoms with van der Waals surface area (Å²) in [5.41, 5.74) is 5.85. The van der Waals surface area contributed by atoms with E-state index < -0.39 is 0 Å². The van der Waals surface area contributed by atoms with E-state index in [1.807, 2.05) is 6.92 Å². The fourth-order valence-corrected chi connectivity index (χ4v) is 2.67. The van der Waals surface area contributed by atoms with Crippen LogP contribution in [-0.2, 0) is 6.42 Å². The van der Waals surface area contributed by atoms with Crippen LogP contribution in [0.25, 0.3) is 0 Å². The average molecular weight is 283 g/mol. The van der Waals surface area contributed by atoms with Gasteiger partial charge in [-0.05, 0) is 45.7 Å². The molecule has 1 N–H and O–H groups in total. The van der Waals surface area contributed by atoms with Crippen molar-refractivity contribution in [2.75, 3.05) is 6.54 Å². The summed E-state index contributed by atoms with van der Waals surface area (Å²) in [6.07, 6.45) is 11.3. The monoisotopic (exact) mass is 283 g/mol. The molecule has 1 unspecified atom stereocenters. The van der Waals surface area contributed by atoms with Gasteiger partial charge in [-0.15, -0.1) is 0 Å². The molecule has 2 rings (SSSR count). The van der Waals surface area contributed by atoms with E-state index in [1.165, 1.54) is 23.3 Å². The Hall–Kier alpha value is -1.74. The van der Waals surface area contributed by atoms with E-state index >= 15 is 0 Å². The van der Waals surface area contributed by atoms with Crippen molar-refractivity contribution in [3.8, 4) is 0 Å². The van der Waals surface area contributed by atoms with Gasteiger partial charge in [-0.2, -0.15) is 0 Å². The summed E-state index contributed by atoms with van der Waals surface area (Å²) in [7, 11) is 0. The minimum atomic E-state index is 0.380. The maximum Gasteiger partial charge on any atom is 0.116 e. The second-order valence-corrected chi connectivity index (χ2v) is 5.69. The maximum absolute atomic E-state index is 4.56. The molecule has 0 amide bonds. The first-order chi connectivity index (χ1) is 10.1. The zero-order valence-corrected chi connectivity index (χ0v) is 13.3. The van der Waals surface area contributed by atoms with E-state index in [4.69, 9.17) is 0 Å². The zero-order chi connectivity index (χ0) is 15.2. The number of rotatable bonds is 5. The quantitative estimate of drug-likeness (QED) is 0.835. The van der Waals surface area contributed by atoms with Gasteiger partial charge < -0.3 is 5.32 Å². The molecule has 3 nitrogen and oxygen atoms in total. The van der Waals surface area contributed by atoms with Gasteiger partial charge in [-0.3, -0.25) is 0 Å². The molecule has 0 spiro atoms. The van der Waals surface area contributed by atoms with Crippen molar-refractivity contribution in [1.82, 2.24) is 15.3 Å². The van der Waals surface area contributed by atoms with E-state index in [2.05, 4.69) is 53.9 Å². The molecule has 2 heterocycles. The van der Waals surface area contributed by atoms with Crippen molar-refractivity contribution in [3.63, 3.8) is 0 Å². The van der Waals surface area contributed by atoms with Crippen LogP contribution in [0.2, 0.25) is 0 Å². The highest BCUT2D eigenvalue weighted by atomic mass is 15.0. The smallest absolute Gasteiger partial charge is 0.116 e. The lowest BCUT2D eigenvalue weighted by Crippen LogP contribution is -2.17. The van der Waals surface area contributed by atoms with Crippen LogP contribution in [0.1, 0.15) is 49.7 Å². The third kappa shape index (κ3) is 4.11. The largest absolute Gasteiger partial charge is 0.309 e. The van der Waals surface area contributed by atoms with Gasteiger partial charge in [0.25, 0.3) is 0 Å². The Labute approximate surface area is 127 Å². The lowest BCUT2D eigenvalue weighted by atomic mass is 9.97. The zero-order valence-electron chi connectivity index (χ0n) is 13.3. The molecule has 1 atom stereocenters. The highest BCUT2D eigenvalue weighted by molar-refractivity contribution is 5.36. The molecule has 1 aliphatic rings. The molecule has 0 saturated carbocycles. The Kier molecular flexibility index (Phi) is 5.45. The molecule has 1 aromatic heterocycles. The molecule has 1 fully saturated rings. The summed E-state index contributed by atoms with van der Waals surface area (Å²) >= 11 is 0. The second kappa shape index (κ2) is 7.32. The van der Waals surface area contributed by atoms with Gasteiger partial charge in [0, 0.05) is 23.7 Å². The Morgan fingerprint density at radius 1 is 1.43 bits per heavy atom. The molecule has 1 aromatic rings. The SMILES string of the molecule is C=C(C)/C=C\C(=C/C)Cc1c(C)ncnc1C1CCCN1. The van der Waals surface area contributed by atoms with Crippen molar-refractivity contribution in [2.24, 2.45) is 0 Å². The molecule has 0 bridgehead atoms. The van der Waals surface area contributed by atoms with Gasteiger partial charge >= 0.3 is 0 Å². The van der Waals surface area contributed by atoms with Crippen LogP contribution < -0.4 is 5.32 Å². The van der Waals surface area contributed by atoms with Crippen LogP contribution in [0.15, 0.2) is 42.3 Å². The third-order valence-corrected chi connectivity index (χ3v) is 3.92.